The molecule has 0 aliphatic heterocycles. The third kappa shape index (κ3) is 7.99. The van der Waals surface area contributed by atoms with Crippen LogP contribution in [0.4, 0.5) is 0 Å². The Bertz CT molecular complexity index is 321. The number of ether oxygens (including phenoxy) is 1. The van der Waals surface area contributed by atoms with Gasteiger partial charge in [-0.15, -0.1) is 0 Å². The molecule has 0 N–H and O–H groups in total. The standard InChI is InChI=1S/C17H28O2/c1-17(2,3)14-19-16-13-11-9-7-5-4-6-8-10-12-15(16)18/h6-9,16H,4-5,10-14H2,1-3H3. The lowest BCUT2D eigenvalue weighted by molar-refractivity contribution is -0.132. The summed E-state index contributed by atoms with van der Waals surface area (Å²) in [6.07, 6.45) is 13.8. The van der Waals surface area contributed by atoms with E-state index in [0.29, 0.717) is 13.0 Å². The maximum atomic E-state index is 12.2. The first-order valence-corrected chi connectivity index (χ1v) is 7.43. The average molecular weight is 264 g/mol. The summed E-state index contributed by atoms with van der Waals surface area (Å²) in [6, 6.07) is 0. The minimum Gasteiger partial charge on any atom is -0.370 e. The topological polar surface area (TPSA) is 26.3 Å². The van der Waals surface area contributed by atoms with Crippen molar-refractivity contribution < 1.29 is 9.53 Å². The van der Waals surface area contributed by atoms with Gasteiger partial charge in [0.1, 0.15) is 6.10 Å². The Labute approximate surface area is 117 Å². The van der Waals surface area contributed by atoms with Crippen molar-refractivity contribution in [3.8, 4) is 0 Å². The molecular weight excluding hydrogens is 236 g/mol. The first kappa shape index (κ1) is 16.2. The highest BCUT2D eigenvalue weighted by molar-refractivity contribution is 5.83. The van der Waals surface area contributed by atoms with Crippen LogP contribution in [0.1, 0.15) is 59.3 Å². The molecule has 0 bridgehead atoms. The molecule has 2 heteroatoms. The number of Topliss-reactive ketones (excluding diaryl/α,β-unsaturated/α-hetero) is 1. The van der Waals surface area contributed by atoms with Gasteiger partial charge in [0.05, 0.1) is 6.61 Å². The van der Waals surface area contributed by atoms with Crippen molar-refractivity contribution in [3.05, 3.63) is 24.3 Å². The van der Waals surface area contributed by atoms with E-state index in [9.17, 15) is 4.79 Å². The fourth-order valence-electron chi connectivity index (χ4n) is 1.99. The van der Waals surface area contributed by atoms with Gasteiger partial charge in [-0.2, -0.15) is 0 Å². The van der Waals surface area contributed by atoms with Crippen molar-refractivity contribution in [3.63, 3.8) is 0 Å². The normalized spacial score (nSPS) is 22.9. The Kier molecular flexibility index (Phi) is 7.07. The van der Waals surface area contributed by atoms with Crippen molar-refractivity contribution in [2.45, 2.75) is 65.4 Å². The molecule has 1 rings (SSSR count). The Morgan fingerprint density at radius 1 is 1.05 bits per heavy atom. The summed E-state index contributed by atoms with van der Waals surface area (Å²) in [6.45, 7) is 7.05. The summed E-state index contributed by atoms with van der Waals surface area (Å²) in [7, 11) is 0. The van der Waals surface area contributed by atoms with Crippen LogP contribution in [0.3, 0.4) is 0 Å². The number of hydrogen-bond donors (Lipinski definition) is 0. The Hall–Kier alpha value is -0.890. The van der Waals surface area contributed by atoms with Gasteiger partial charge in [0.25, 0.3) is 0 Å². The van der Waals surface area contributed by atoms with Crippen molar-refractivity contribution in [2.75, 3.05) is 6.61 Å². The molecule has 0 radical (unpaired) electrons. The van der Waals surface area contributed by atoms with E-state index in [1.54, 1.807) is 0 Å². The van der Waals surface area contributed by atoms with Crippen LogP contribution in [-0.2, 0) is 9.53 Å². The smallest absolute Gasteiger partial charge is 0.161 e. The van der Waals surface area contributed by atoms with Crippen LogP contribution in [0.15, 0.2) is 24.3 Å². The second-order valence-electron chi connectivity index (χ2n) is 6.46. The molecule has 0 amide bonds. The fraction of sp³-hybridized carbons (Fsp3) is 0.706. The van der Waals surface area contributed by atoms with Gasteiger partial charge in [0.2, 0.25) is 0 Å². The molecule has 1 unspecified atom stereocenters. The monoisotopic (exact) mass is 264 g/mol. The lowest BCUT2D eigenvalue weighted by Crippen LogP contribution is -2.28. The third-order valence-electron chi connectivity index (χ3n) is 3.06. The molecule has 19 heavy (non-hydrogen) atoms. The first-order valence-electron chi connectivity index (χ1n) is 7.43. The molecule has 1 atom stereocenters. The maximum Gasteiger partial charge on any atom is 0.161 e. The quantitative estimate of drug-likeness (QED) is 0.689. The molecule has 0 spiro atoms. The summed E-state index contributed by atoms with van der Waals surface area (Å²) in [5.41, 5.74) is 0.111. The van der Waals surface area contributed by atoms with E-state index in [1.165, 1.54) is 0 Å². The minimum atomic E-state index is -0.225. The molecule has 0 saturated carbocycles. The second-order valence-corrected chi connectivity index (χ2v) is 6.46. The molecule has 0 aromatic heterocycles. The van der Waals surface area contributed by atoms with E-state index in [2.05, 4.69) is 45.1 Å². The minimum absolute atomic E-state index is 0.111. The first-order chi connectivity index (χ1) is 8.99. The molecule has 1 aliphatic carbocycles. The van der Waals surface area contributed by atoms with Crippen molar-refractivity contribution >= 4 is 5.78 Å². The Morgan fingerprint density at radius 2 is 1.63 bits per heavy atom. The molecule has 108 valence electrons. The Morgan fingerprint density at radius 3 is 2.26 bits per heavy atom. The van der Waals surface area contributed by atoms with Gasteiger partial charge in [0, 0.05) is 6.42 Å². The van der Waals surface area contributed by atoms with Gasteiger partial charge in [-0.25, -0.2) is 0 Å². The van der Waals surface area contributed by atoms with Crippen LogP contribution >= 0.6 is 0 Å². The van der Waals surface area contributed by atoms with Crippen LogP contribution in [-0.4, -0.2) is 18.5 Å². The van der Waals surface area contributed by atoms with Gasteiger partial charge < -0.3 is 4.74 Å². The van der Waals surface area contributed by atoms with Gasteiger partial charge in [-0.3, -0.25) is 4.79 Å². The summed E-state index contributed by atoms with van der Waals surface area (Å²) in [5.74, 6) is 0.253. The summed E-state index contributed by atoms with van der Waals surface area (Å²) in [5, 5.41) is 0. The second kappa shape index (κ2) is 8.31. The van der Waals surface area contributed by atoms with Crippen LogP contribution < -0.4 is 0 Å². The van der Waals surface area contributed by atoms with Crippen molar-refractivity contribution in [1.29, 1.82) is 0 Å². The lowest BCUT2D eigenvalue weighted by atomic mass is 9.98. The van der Waals surface area contributed by atoms with E-state index in [0.717, 1.165) is 32.1 Å². The molecular formula is C17H28O2. The zero-order valence-corrected chi connectivity index (χ0v) is 12.7. The molecule has 0 aromatic carbocycles. The molecule has 0 aromatic rings. The lowest BCUT2D eigenvalue weighted by Gasteiger charge is -2.23. The molecule has 0 saturated heterocycles. The van der Waals surface area contributed by atoms with Crippen LogP contribution in [0.2, 0.25) is 0 Å². The van der Waals surface area contributed by atoms with Crippen LogP contribution in [0.5, 0.6) is 0 Å². The number of hydrogen-bond acceptors (Lipinski definition) is 2. The van der Waals surface area contributed by atoms with Gasteiger partial charge >= 0.3 is 0 Å². The van der Waals surface area contributed by atoms with Gasteiger partial charge in [-0.1, -0.05) is 45.1 Å². The highest BCUT2D eigenvalue weighted by atomic mass is 16.5. The third-order valence-corrected chi connectivity index (χ3v) is 3.06. The van der Waals surface area contributed by atoms with Gasteiger partial charge in [-0.05, 0) is 37.5 Å². The fourth-order valence-corrected chi connectivity index (χ4v) is 1.99. The zero-order valence-electron chi connectivity index (χ0n) is 12.7. The van der Waals surface area contributed by atoms with Crippen molar-refractivity contribution in [2.24, 2.45) is 5.41 Å². The highest BCUT2D eigenvalue weighted by Gasteiger charge is 2.21. The predicted molar refractivity (Wildman–Crippen MR) is 80.2 cm³/mol. The van der Waals surface area contributed by atoms with Crippen LogP contribution in [0.25, 0.3) is 0 Å². The number of ketones is 1. The van der Waals surface area contributed by atoms with Crippen molar-refractivity contribution in [1.82, 2.24) is 0 Å². The number of carbonyl (C=O) groups is 1. The summed E-state index contributed by atoms with van der Waals surface area (Å²) in [4.78, 5) is 12.2. The SMILES string of the molecule is CC(C)(C)COC1CCC=CCCC=CCCC1=O. The average Bonchev–Trinajstić information content (AvgIpc) is 2.31. The summed E-state index contributed by atoms with van der Waals surface area (Å²) >= 11 is 0. The van der Waals surface area contributed by atoms with Gasteiger partial charge in [0.15, 0.2) is 5.78 Å². The zero-order chi connectivity index (χ0) is 14.1. The number of allylic oxidation sites excluding steroid dienone is 4. The van der Waals surface area contributed by atoms with E-state index in [1.807, 2.05) is 0 Å². The number of rotatable bonds is 2. The highest BCUT2D eigenvalue weighted by Crippen LogP contribution is 2.17. The van der Waals surface area contributed by atoms with E-state index in [4.69, 9.17) is 4.74 Å². The molecule has 2 nitrogen and oxygen atoms in total. The predicted octanol–water partition coefficient (Wildman–Crippen LogP) is 4.45. The largest absolute Gasteiger partial charge is 0.370 e. The van der Waals surface area contributed by atoms with E-state index >= 15 is 0 Å². The molecule has 0 fully saturated rings. The van der Waals surface area contributed by atoms with Crippen LogP contribution in [0, 0.1) is 5.41 Å². The molecule has 0 heterocycles. The molecule has 1 aliphatic rings. The maximum absolute atomic E-state index is 12.2. The Balaban J connectivity index is 2.55. The van der Waals surface area contributed by atoms with E-state index < -0.39 is 0 Å². The summed E-state index contributed by atoms with van der Waals surface area (Å²) < 4.78 is 5.86. The number of carbonyl (C=O) groups excluding carboxylic acids is 1. The van der Waals surface area contributed by atoms with E-state index in [-0.39, 0.29) is 17.3 Å².